The Morgan fingerprint density at radius 2 is 2.08 bits per heavy atom. The van der Waals surface area contributed by atoms with E-state index in [2.05, 4.69) is 15.1 Å². The summed E-state index contributed by atoms with van der Waals surface area (Å²) in [6, 6.07) is 1.80. The van der Waals surface area contributed by atoms with Crippen molar-refractivity contribution in [2.24, 2.45) is 7.05 Å². The summed E-state index contributed by atoms with van der Waals surface area (Å²) in [5.41, 5.74) is 3.64. The van der Waals surface area contributed by atoms with Crippen LogP contribution in [0.15, 0.2) is 12.3 Å². The van der Waals surface area contributed by atoms with Crippen LogP contribution >= 0.6 is 0 Å². The number of fused-ring (bicyclic) bond motifs is 1. The van der Waals surface area contributed by atoms with E-state index in [0.717, 1.165) is 37.3 Å². The highest BCUT2D eigenvalue weighted by Gasteiger charge is 2.23. The molecule has 2 aromatic rings. The molecule has 1 unspecified atom stereocenters. The minimum atomic E-state index is -3.25. The normalized spacial score (nSPS) is 17.0. The number of hydrogen-bond acceptors (Lipinski definition) is 6. The molecule has 1 aliphatic heterocycles. The molecule has 0 fully saturated rings. The molecule has 1 aliphatic rings. The topological polar surface area (TPSA) is 93.2 Å². The Bertz CT molecular complexity index is 839. The molecular weight excluding hydrogens is 330 g/mol. The average molecular weight is 353 g/mol. The lowest BCUT2D eigenvalue weighted by atomic mass is 10.2. The predicted octanol–water partition coefficient (Wildman–Crippen LogP) is 0.0188. The van der Waals surface area contributed by atoms with Crippen LogP contribution in [0.2, 0.25) is 0 Å². The molecule has 1 N–H and O–H groups in total. The largest absolute Gasteiger partial charge is 0.386 e. The Hall–Kier alpha value is -1.71. The van der Waals surface area contributed by atoms with Crippen molar-refractivity contribution in [1.29, 1.82) is 0 Å². The van der Waals surface area contributed by atoms with Crippen LogP contribution in [0.5, 0.6) is 0 Å². The summed E-state index contributed by atoms with van der Waals surface area (Å²) in [6.45, 7) is 5.10. The van der Waals surface area contributed by atoms with Gasteiger partial charge in [0.1, 0.15) is 15.9 Å². The number of sulfone groups is 1. The summed E-state index contributed by atoms with van der Waals surface area (Å²) < 4.78 is 26.3. The van der Waals surface area contributed by atoms with Crippen molar-refractivity contribution in [1.82, 2.24) is 24.5 Å². The van der Waals surface area contributed by atoms with Crippen molar-refractivity contribution in [3.8, 4) is 0 Å². The quantitative estimate of drug-likeness (QED) is 0.814. The molecule has 0 spiro atoms. The standard InChI is InChI=1S/C15H23N5O3S/c1-11-12(7-18(2)16-11)8-19-4-5-20-13(9-19)6-14(17-20)15(21)10-24(3,22)23/h6-7,15,21H,4-5,8-10H2,1-3H3. The zero-order valence-electron chi connectivity index (χ0n) is 14.2. The van der Waals surface area contributed by atoms with Crippen LogP contribution in [-0.4, -0.2) is 56.5 Å². The zero-order valence-corrected chi connectivity index (χ0v) is 15.0. The zero-order chi connectivity index (χ0) is 17.5. The second kappa shape index (κ2) is 6.30. The summed E-state index contributed by atoms with van der Waals surface area (Å²) in [5, 5.41) is 18.8. The highest BCUT2D eigenvalue weighted by atomic mass is 32.2. The highest BCUT2D eigenvalue weighted by Crippen LogP contribution is 2.21. The molecule has 0 saturated heterocycles. The lowest BCUT2D eigenvalue weighted by molar-refractivity contribution is 0.191. The third-order valence-corrected chi connectivity index (χ3v) is 5.13. The maximum atomic E-state index is 11.3. The van der Waals surface area contributed by atoms with Gasteiger partial charge in [0.05, 0.1) is 29.4 Å². The van der Waals surface area contributed by atoms with E-state index in [0.29, 0.717) is 12.2 Å². The van der Waals surface area contributed by atoms with Crippen LogP contribution < -0.4 is 0 Å². The predicted molar refractivity (Wildman–Crippen MR) is 89.0 cm³/mol. The average Bonchev–Trinajstić information content (AvgIpc) is 3.00. The Balaban J connectivity index is 1.71. The number of hydrogen-bond donors (Lipinski definition) is 1. The lowest BCUT2D eigenvalue weighted by Gasteiger charge is -2.27. The number of aryl methyl sites for hydroxylation is 2. The van der Waals surface area contributed by atoms with E-state index in [1.54, 1.807) is 6.07 Å². The highest BCUT2D eigenvalue weighted by molar-refractivity contribution is 7.90. The number of rotatable bonds is 5. The first-order chi connectivity index (χ1) is 11.2. The lowest BCUT2D eigenvalue weighted by Crippen LogP contribution is -2.33. The third kappa shape index (κ3) is 3.85. The van der Waals surface area contributed by atoms with E-state index in [1.165, 1.54) is 5.56 Å². The molecule has 0 saturated carbocycles. The van der Waals surface area contributed by atoms with Gasteiger partial charge in [0.2, 0.25) is 0 Å². The Morgan fingerprint density at radius 3 is 2.71 bits per heavy atom. The fraction of sp³-hybridized carbons (Fsp3) is 0.600. The van der Waals surface area contributed by atoms with Crippen LogP contribution in [-0.2, 0) is 36.5 Å². The third-order valence-electron chi connectivity index (χ3n) is 4.21. The van der Waals surface area contributed by atoms with E-state index in [9.17, 15) is 13.5 Å². The van der Waals surface area contributed by atoms with Gasteiger partial charge >= 0.3 is 0 Å². The molecular formula is C15H23N5O3S. The molecule has 0 amide bonds. The van der Waals surface area contributed by atoms with Gasteiger partial charge in [-0.1, -0.05) is 0 Å². The molecule has 0 aromatic carbocycles. The van der Waals surface area contributed by atoms with Gasteiger partial charge in [-0.3, -0.25) is 14.3 Å². The minimum Gasteiger partial charge on any atom is -0.386 e. The van der Waals surface area contributed by atoms with Gasteiger partial charge < -0.3 is 5.11 Å². The van der Waals surface area contributed by atoms with Crippen LogP contribution in [0.1, 0.15) is 28.7 Å². The Labute approximate surface area is 141 Å². The molecule has 3 heterocycles. The van der Waals surface area contributed by atoms with Crippen molar-refractivity contribution in [2.75, 3.05) is 18.6 Å². The summed E-state index contributed by atoms with van der Waals surface area (Å²) in [5.74, 6) is -0.304. The molecule has 24 heavy (non-hydrogen) atoms. The van der Waals surface area contributed by atoms with Crippen molar-refractivity contribution < 1.29 is 13.5 Å². The van der Waals surface area contributed by atoms with Gasteiger partial charge in [-0.05, 0) is 13.0 Å². The monoisotopic (exact) mass is 353 g/mol. The van der Waals surface area contributed by atoms with Gasteiger partial charge in [-0.25, -0.2) is 8.42 Å². The van der Waals surface area contributed by atoms with Gasteiger partial charge in [-0.15, -0.1) is 0 Å². The molecule has 8 nitrogen and oxygen atoms in total. The fourth-order valence-corrected chi connectivity index (χ4v) is 3.80. The Morgan fingerprint density at radius 1 is 1.33 bits per heavy atom. The SMILES string of the molecule is Cc1nn(C)cc1CN1CCn2nc(C(O)CS(C)(=O)=O)cc2C1. The molecule has 132 valence electrons. The van der Waals surface area contributed by atoms with Crippen molar-refractivity contribution >= 4 is 9.84 Å². The maximum Gasteiger partial charge on any atom is 0.150 e. The maximum absolute atomic E-state index is 11.3. The second-order valence-corrected chi connectivity index (χ2v) is 8.70. The number of aliphatic hydroxyl groups is 1. The molecule has 2 aromatic heterocycles. The first kappa shape index (κ1) is 17.1. The second-order valence-electron chi connectivity index (χ2n) is 6.52. The summed E-state index contributed by atoms with van der Waals surface area (Å²) in [7, 11) is -1.33. The summed E-state index contributed by atoms with van der Waals surface area (Å²) in [6.07, 6.45) is 2.07. The first-order valence-electron chi connectivity index (χ1n) is 7.85. The van der Waals surface area contributed by atoms with Gasteiger partial charge in [0.15, 0.2) is 0 Å². The van der Waals surface area contributed by atoms with Crippen LogP contribution in [0.3, 0.4) is 0 Å². The van der Waals surface area contributed by atoms with Crippen molar-refractivity contribution in [3.63, 3.8) is 0 Å². The van der Waals surface area contributed by atoms with Crippen LogP contribution in [0, 0.1) is 6.92 Å². The number of aliphatic hydroxyl groups excluding tert-OH is 1. The van der Waals surface area contributed by atoms with E-state index in [-0.39, 0.29) is 5.75 Å². The summed E-state index contributed by atoms with van der Waals surface area (Å²) in [4.78, 5) is 2.30. The van der Waals surface area contributed by atoms with Crippen LogP contribution in [0.25, 0.3) is 0 Å². The Kier molecular flexibility index (Phi) is 4.50. The van der Waals surface area contributed by atoms with Gasteiger partial charge in [0.25, 0.3) is 0 Å². The molecule has 0 bridgehead atoms. The molecule has 3 rings (SSSR count). The van der Waals surface area contributed by atoms with Crippen LogP contribution in [0.4, 0.5) is 0 Å². The smallest absolute Gasteiger partial charge is 0.150 e. The van der Waals surface area contributed by atoms with Gasteiger partial charge in [-0.2, -0.15) is 10.2 Å². The van der Waals surface area contributed by atoms with E-state index in [4.69, 9.17) is 0 Å². The van der Waals surface area contributed by atoms with Crippen molar-refractivity contribution in [3.05, 3.63) is 34.9 Å². The number of nitrogens with zero attached hydrogens (tertiary/aromatic N) is 5. The first-order valence-corrected chi connectivity index (χ1v) is 9.91. The minimum absolute atomic E-state index is 0.304. The van der Waals surface area contributed by atoms with Crippen molar-refractivity contribution in [2.45, 2.75) is 32.7 Å². The molecule has 0 radical (unpaired) electrons. The van der Waals surface area contributed by atoms with E-state index >= 15 is 0 Å². The van der Waals surface area contributed by atoms with E-state index in [1.807, 2.05) is 29.5 Å². The van der Waals surface area contributed by atoms with E-state index < -0.39 is 15.9 Å². The molecule has 0 aliphatic carbocycles. The fourth-order valence-electron chi connectivity index (χ4n) is 3.06. The van der Waals surface area contributed by atoms with Gasteiger partial charge in [0, 0.05) is 44.7 Å². The number of aromatic nitrogens is 4. The molecule has 9 heteroatoms. The molecule has 1 atom stereocenters. The summed E-state index contributed by atoms with van der Waals surface area (Å²) >= 11 is 0.